The molecule has 1 saturated heterocycles. The van der Waals surface area contributed by atoms with E-state index in [0.717, 1.165) is 64.5 Å². The summed E-state index contributed by atoms with van der Waals surface area (Å²) < 4.78 is 1.56. The first-order chi connectivity index (χ1) is 14.4. The zero-order valence-corrected chi connectivity index (χ0v) is 18.2. The van der Waals surface area contributed by atoms with Gasteiger partial charge < -0.3 is 15.1 Å². The van der Waals surface area contributed by atoms with Gasteiger partial charge in [0.2, 0.25) is 5.91 Å². The Morgan fingerprint density at radius 2 is 1.80 bits per heavy atom. The van der Waals surface area contributed by atoms with E-state index in [9.17, 15) is 14.4 Å². The monoisotopic (exact) mass is 415 g/mol. The highest BCUT2D eigenvalue weighted by atomic mass is 16.2. The number of rotatable bonds is 4. The van der Waals surface area contributed by atoms with Crippen molar-refractivity contribution in [3.05, 3.63) is 17.5 Å². The molecule has 0 unspecified atom stereocenters. The van der Waals surface area contributed by atoms with Crippen LogP contribution in [0.4, 0.5) is 0 Å². The second kappa shape index (κ2) is 8.40. The first-order valence-electron chi connectivity index (χ1n) is 11.4. The van der Waals surface area contributed by atoms with E-state index in [2.05, 4.69) is 10.4 Å². The number of hydrogen-bond acceptors (Lipinski definition) is 4. The third-order valence-corrected chi connectivity index (χ3v) is 6.91. The molecule has 4 rings (SSSR count). The van der Waals surface area contributed by atoms with Crippen molar-refractivity contribution in [1.82, 2.24) is 24.9 Å². The lowest BCUT2D eigenvalue weighted by Gasteiger charge is -2.43. The van der Waals surface area contributed by atoms with E-state index < -0.39 is 5.54 Å². The van der Waals surface area contributed by atoms with E-state index >= 15 is 0 Å². The van der Waals surface area contributed by atoms with Gasteiger partial charge in [-0.3, -0.25) is 19.1 Å². The Labute approximate surface area is 178 Å². The van der Waals surface area contributed by atoms with Crippen molar-refractivity contribution < 1.29 is 14.4 Å². The van der Waals surface area contributed by atoms with Crippen molar-refractivity contribution in [1.29, 1.82) is 0 Å². The molecule has 8 nitrogen and oxygen atoms in total. The molecule has 2 fully saturated rings. The number of fused-ring (bicyclic) bond motifs is 1. The highest BCUT2D eigenvalue weighted by Gasteiger charge is 2.48. The maximum Gasteiger partial charge on any atom is 0.274 e. The lowest BCUT2D eigenvalue weighted by Crippen LogP contribution is -2.64. The molecule has 0 bridgehead atoms. The predicted molar refractivity (Wildman–Crippen MR) is 112 cm³/mol. The van der Waals surface area contributed by atoms with Gasteiger partial charge in [0, 0.05) is 31.7 Å². The summed E-state index contributed by atoms with van der Waals surface area (Å²) in [6.45, 7) is 5.84. The van der Waals surface area contributed by atoms with Crippen molar-refractivity contribution in [3.8, 4) is 0 Å². The number of hydrogen-bond donors (Lipinski definition) is 1. The van der Waals surface area contributed by atoms with E-state index in [1.807, 2.05) is 11.8 Å². The molecule has 1 aliphatic carbocycles. The molecule has 2 aliphatic heterocycles. The van der Waals surface area contributed by atoms with Gasteiger partial charge in [-0.15, -0.1) is 0 Å². The van der Waals surface area contributed by atoms with E-state index in [1.54, 1.807) is 22.6 Å². The van der Waals surface area contributed by atoms with Crippen LogP contribution in [0.2, 0.25) is 0 Å². The van der Waals surface area contributed by atoms with Gasteiger partial charge in [0.1, 0.15) is 11.2 Å². The molecular weight excluding hydrogens is 382 g/mol. The topological polar surface area (TPSA) is 87.5 Å². The number of aromatic nitrogens is 2. The Bertz CT molecular complexity index is 821. The lowest BCUT2D eigenvalue weighted by atomic mass is 9.94. The Morgan fingerprint density at radius 1 is 1.13 bits per heavy atom. The average Bonchev–Trinajstić information content (AvgIpc) is 3.30. The second-order valence-corrected chi connectivity index (χ2v) is 9.06. The normalized spacial score (nSPS) is 25.2. The minimum atomic E-state index is -1.02. The molecular formula is C22H33N5O3. The van der Waals surface area contributed by atoms with Gasteiger partial charge in [-0.1, -0.05) is 25.7 Å². The molecule has 1 aromatic rings. The fourth-order valence-electron chi connectivity index (χ4n) is 5.09. The average molecular weight is 416 g/mol. The van der Waals surface area contributed by atoms with Crippen LogP contribution in [0.1, 0.15) is 86.2 Å². The summed E-state index contributed by atoms with van der Waals surface area (Å²) in [7, 11) is 0. The van der Waals surface area contributed by atoms with Crippen LogP contribution in [0.15, 0.2) is 6.07 Å². The fraction of sp³-hybridized carbons (Fsp3) is 0.727. The number of likely N-dealkylation sites (tertiary alicyclic amines) is 1. The van der Waals surface area contributed by atoms with Crippen LogP contribution in [0.3, 0.4) is 0 Å². The molecule has 1 atom stereocenters. The van der Waals surface area contributed by atoms with Crippen molar-refractivity contribution >= 4 is 17.7 Å². The Balaban J connectivity index is 1.58. The number of carbonyl (C=O) groups is 3. The SMILES string of the molecule is CCN1C(=O)c2cc(C(=O)N3CCCCCC3)nn2C[C@]1(C)C(=O)NC1CCCC1. The molecule has 3 amide bonds. The smallest absolute Gasteiger partial charge is 0.274 e. The summed E-state index contributed by atoms with van der Waals surface area (Å²) in [4.78, 5) is 42.9. The molecule has 8 heteroatoms. The minimum absolute atomic E-state index is 0.119. The summed E-state index contributed by atoms with van der Waals surface area (Å²) in [5, 5.41) is 7.63. The van der Waals surface area contributed by atoms with Crippen molar-refractivity contribution in [2.24, 2.45) is 0 Å². The highest BCUT2D eigenvalue weighted by molar-refractivity contribution is 6.01. The summed E-state index contributed by atoms with van der Waals surface area (Å²) in [5.74, 6) is -0.492. The summed E-state index contributed by atoms with van der Waals surface area (Å²) >= 11 is 0. The molecule has 1 N–H and O–H groups in total. The van der Waals surface area contributed by atoms with Crippen LogP contribution in [-0.4, -0.2) is 68.5 Å². The predicted octanol–water partition coefficient (Wildman–Crippen LogP) is 2.19. The Morgan fingerprint density at radius 3 is 2.43 bits per heavy atom. The number of nitrogens with one attached hydrogen (secondary N) is 1. The molecule has 0 radical (unpaired) electrons. The van der Waals surface area contributed by atoms with Crippen LogP contribution < -0.4 is 5.32 Å². The molecule has 3 aliphatic rings. The number of amides is 3. The Kier molecular flexibility index (Phi) is 5.84. The largest absolute Gasteiger partial charge is 0.351 e. The quantitative estimate of drug-likeness (QED) is 0.817. The van der Waals surface area contributed by atoms with Gasteiger partial charge in [-0.05, 0) is 39.5 Å². The van der Waals surface area contributed by atoms with Crippen molar-refractivity contribution in [2.75, 3.05) is 19.6 Å². The summed E-state index contributed by atoms with van der Waals surface area (Å²) in [5.41, 5.74) is -0.325. The number of carbonyl (C=O) groups excluding carboxylic acids is 3. The Hall–Kier alpha value is -2.38. The first-order valence-corrected chi connectivity index (χ1v) is 11.4. The van der Waals surface area contributed by atoms with Gasteiger partial charge in [-0.25, -0.2) is 0 Å². The zero-order chi connectivity index (χ0) is 21.3. The van der Waals surface area contributed by atoms with E-state index in [-0.39, 0.29) is 30.3 Å². The summed E-state index contributed by atoms with van der Waals surface area (Å²) in [6, 6.07) is 1.79. The third kappa shape index (κ3) is 3.72. The van der Waals surface area contributed by atoms with Crippen LogP contribution in [0.5, 0.6) is 0 Å². The van der Waals surface area contributed by atoms with E-state index in [1.165, 1.54) is 0 Å². The molecule has 1 aromatic heterocycles. The maximum absolute atomic E-state index is 13.2. The van der Waals surface area contributed by atoms with Crippen molar-refractivity contribution in [3.63, 3.8) is 0 Å². The van der Waals surface area contributed by atoms with Crippen LogP contribution in [0.25, 0.3) is 0 Å². The third-order valence-electron chi connectivity index (χ3n) is 6.91. The molecule has 30 heavy (non-hydrogen) atoms. The van der Waals surface area contributed by atoms with Crippen LogP contribution >= 0.6 is 0 Å². The van der Waals surface area contributed by atoms with Gasteiger partial charge in [0.05, 0.1) is 6.54 Å². The fourth-order valence-corrected chi connectivity index (χ4v) is 5.09. The van der Waals surface area contributed by atoms with Gasteiger partial charge in [0.15, 0.2) is 5.69 Å². The molecule has 0 spiro atoms. The van der Waals surface area contributed by atoms with Crippen LogP contribution in [-0.2, 0) is 11.3 Å². The van der Waals surface area contributed by atoms with Crippen molar-refractivity contribution in [2.45, 2.75) is 83.3 Å². The van der Waals surface area contributed by atoms with Gasteiger partial charge in [0.25, 0.3) is 11.8 Å². The van der Waals surface area contributed by atoms with Gasteiger partial charge in [-0.2, -0.15) is 5.10 Å². The number of likely N-dealkylation sites (N-methyl/N-ethyl adjacent to an activating group) is 1. The molecule has 1 saturated carbocycles. The molecule has 3 heterocycles. The first kappa shape index (κ1) is 20.9. The summed E-state index contributed by atoms with van der Waals surface area (Å²) in [6.07, 6.45) is 8.52. The maximum atomic E-state index is 13.2. The standard InChI is InChI=1S/C22H33N5O3/c1-3-26-20(29)18-14-17(19(28)25-12-8-4-5-9-13-25)24-27(18)15-22(26,2)21(30)23-16-10-6-7-11-16/h14,16H,3-13,15H2,1-2H3,(H,23,30)/t22-/m1/s1. The molecule has 164 valence electrons. The second-order valence-electron chi connectivity index (χ2n) is 9.06. The highest BCUT2D eigenvalue weighted by Crippen LogP contribution is 2.29. The zero-order valence-electron chi connectivity index (χ0n) is 18.2. The van der Waals surface area contributed by atoms with Crippen LogP contribution in [0, 0.1) is 0 Å². The number of nitrogens with zero attached hydrogens (tertiary/aromatic N) is 4. The molecule has 0 aromatic carbocycles. The van der Waals surface area contributed by atoms with E-state index in [0.29, 0.717) is 17.9 Å². The minimum Gasteiger partial charge on any atom is -0.351 e. The van der Waals surface area contributed by atoms with Gasteiger partial charge >= 0.3 is 0 Å². The van der Waals surface area contributed by atoms with E-state index in [4.69, 9.17) is 0 Å². The lowest BCUT2D eigenvalue weighted by molar-refractivity contribution is -0.133.